The average molecular weight is 360 g/mol. The van der Waals surface area contributed by atoms with Gasteiger partial charge in [-0.15, -0.1) is 0 Å². The molecule has 134 valence electrons. The third kappa shape index (κ3) is 4.82. The van der Waals surface area contributed by atoms with Crippen LogP contribution >= 0.6 is 0 Å². The van der Waals surface area contributed by atoms with Gasteiger partial charge < -0.3 is 5.32 Å². The van der Waals surface area contributed by atoms with Crippen molar-refractivity contribution in [1.29, 1.82) is 0 Å². The third-order valence-electron chi connectivity index (χ3n) is 4.00. The molecule has 5 nitrogen and oxygen atoms in total. The number of amides is 1. The Kier molecular flexibility index (Phi) is 5.85. The molecule has 1 atom stereocenters. The molecule has 0 unspecified atom stereocenters. The highest BCUT2D eigenvalue weighted by Gasteiger charge is 2.20. The zero-order valence-electron chi connectivity index (χ0n) is 15.0. The minimum Gasteiger partial charge on any atom is -0.350 e. The Labute approximate surface area is 149 Å². The second-order valence-corrected chi connectivity index (χ2v) is 7.89. The second kappa shape index (κ2) is 7.70. The Morgan fingerprint density at radius 3 is 2.48 bits per heavy atom. The van der Waals surface area contributed by atoms with Crippen molar-refractivity contribution in [2.24, 2.45) is 0 Å². The largest absolute Gasteiger partial charge is 0.350 e. The van der Waals surface area contributed by atoms with E-state index in [1.165, 1.54) is 6.07 Å². The molecule has 2 rings (SSSR count). The summed E-state index contributed by atoms with van der Waals surface area (Å²) in [5.41, 5.74) is 2.36. The van der Waals surface area contributed by atoms with Crippen LogP contribution in [0.5, 0.6) is 0 Å². The van der Waals surface area contributed by atoms with E-state index in [1.54, 1.807) is 37.3 Å². The number of nitrogens with one attached hydrogen (secondary N) is 2. The molecule has 25 heavy (non-hydrogen) atoms. The topological polar surface area (TPSA) is 75.3 Å². The van der Waals surface area contributed by atoms with Gasteiger partial charge >= 0.3 is 0 Å². The highest BCUT2D eigenvalue weighted by molar-refractivity contribution is 7.92. The third-order valence-corrected chi connectivity index (χ3v) is 5.52. The fraction of sp³-hybridized carbons (Fsp3) is 0.316. The lowest BCUT2D eigenvalue weighted by atomic mass is 10.1. The summed E-state index contributed by atoms with van der Waals surface area (Å²) in [4.78, 5) is 12.4. The van der Waals surface area contributed by atoms with Crippen molar-refractivity contribution >= 4 is 21.6 Å². The number of carbonyl (C=O) groups is 1. The predicted octanol–water partition coefficient (Wildman–Crippen LogP) is 3.63. The van der Waals surface area contributed by atoms with Crippen molar-refractivity contribution in [3.05, 3.63) is 59.2 Å². The van der Waals surface area contributed by atoms with E-state index >= 15 is 0 Å². The van der Waals surface area contributed by atoms with Gasteiger partial charge in [0.25, 0.3) is 15.9 Å². The maximum absolute atomic E-state index is 12.7. The summed E-state index contributed by atoms with van der Waals surface area (Å²) in [5, 5.41) is 2.85. The van der Waals surface area contributed by atoms with Crippen LogP contribution in [0.3, 0.4) is 0 Å². The molecule has 2 N–H and O–H groups in total. The number of aryl methyl sites for hydroxylation is 2. The smallest absolute Gasteiger partial charge is 0.262 e. The van der Waals surface area contributed by atoms with Crippen molar-refractivity contribution in [2.75, 3.05) is 4.72 Å². The normalized spacial score (nSPS) is 12.5. The molecule has 6 heteroatoms. The summed E-state index contributed by atoms with van der Waals surface area (Å²) in [6.45, 7) is 7.48. The van der Waals surface area contributed by atoms with Gasteiger partial charge in [-0.25, -0.2) is 8.42 Å². The number of anilines is 1. The van der Waals surface area contributed by atoms with Gasteiger partial charge in [-0.1, -0.05) is 25.1 Å². The number of benzene rings is 2. The molecular formula is C19H24N2O3S. The molecule has 2 aromatic carbocycles. The Morgan fingerprint density at radius 1 is 1.12 bits per heavy atom. The summed E-state index contributed by atoms with van der Waals surface area (Å²) in [6, 6.07) is 11.9. The molecular weight excluding hydrogens is 336 g/mol. The fourth-order valence-electron chi connectivity index (χ4n) is 2.36. The van der Waals surface area contributed by atoms with Crippen LogP contribution in [0, 0.1) is 13.8 Å². The molecule has 0 radical (unpaired) electrons. The lowest BCUT2D eigenvalue weighted by Crippen LogP contribution is -2.32. The maximum atomic E-state index is 12.7. The van der Waals surface area contributed by atoms with E-state index in [2.05, 4.69) is 10.0 Å². The lowest BCUT2D eigenvalue weighted by Gasteiger charge is -2.14. The van der Waals surface area contributed by atoms with Gasteiger partial charge in [-0.05, 0) is 62.6 Å². The summed E-state index contributed by atoms with van der Waals surface area (Å²) in [6.07, 6.45) is 0.803. The first-order valence-corrected chi connectivity index (χ1v) is 9.72. The molecule has 0 spiro atoms. The lowest BCUT2D eigenvalue weighted by molar-refractivity contribution is 0.0939. The molecule has 0 aromatic heterocycles. The van der Waals surface area contributed by atoms with Crippen molar-refractivity contribution in [2.45, 2.75) is 45.1 Å². The van der Waals surface area contributed by atoms with E-state index in [0.717, 1.165) is 12.0 Å². The zero-order chi connectivity index (χ0) is 18.6. The summed E-state index contributed by atoms with van der Waals surface area (Å²) < 4.78 is 28.1. The average Bonchev–Trinajstić information content (AvgIpc) is 2.54. The van der Waals surface area contributed by atoms with Gasteiger partial charge in [0, 0.05) is 17.3 Å². The predicted molar refractivity (Wildman–Crippen MR) is 100 cm³/mol. The van der Waals surface area contributed by atoms with E-state index < -0.39 is 10.0 Å². The molecule has 0 aliphatic carbocycles. The van der Waals surface area contributed by atoms with Gasteiger partial charge in [-0.3, -0.25) is 9.52 Å². The number of hydrogen-bond donors (Lipinski definition) is 2. The SMILES string of the molecule is CC[C@H](C)NC(=O)c1ccc(C)c(S(=O)(=O)Nc2cccc(C)c2)c1. The van der Waals surface area contributed by atoms with Gasteiger partial charge in [-0.2, -0.15) is 0 Å². The molecule has 0 aliphatic heterocycles. The van der Waals surface area contributed by atoms with Crippen LogP contribution in [0.4, 0.5) is 5.69 Å². The molecule has 2 aromatic rings. The van der Waals surface area contributed by atoms with Crippen molar-refractivity contribution in [3.8, 4) is 0 Å². The van der Waals surface area contributed by atoms with Crippen molar-refractivity contribution < 1.29 is 13.2 Å². The van der Waals surface area contributed by atoms with Crippen LogP contribution in [0.1, 0.15) is 41.8 Å². The molecule has 1 amide bonds. The molecule has 0 saturated carbocycles. The Morgan fingerprint density at radius 2 is 1.84 bits per heavy atom. The van der Waals surface area contributed by atoms with Gasteiger partial charge in [0.15, 0.2) is 0 Å². The summed E-state index contributed by atoms with van der Waals surface area (Å²) in [5.74, 6) is -0.277. The van der Waals surface area contributed by atoms with E-state index in [9.17, 15) is 13.2 Å². The van der Waals surface area contributed by atoms with Crippen LogP contribution in [0.15, 0.2) is 47.4 Å². The number of sulfonamides is 1. The highest BCUT2D eigenvalue weighted by Crippen LogP contribution is 2.21. The van der Waals surface area contributed by atoms with Crippen LogP contribution in [-0.4, -0.2) is 20.4 Å². The fourth-order valence-corrected chi connectivity index (χ4v) is 3.68. The molecule has 0 fully saturated rings. The van der Waals surface area contributed by atoms with Gasteiger partial charge in [0.1, 0.15) is 0 Å². The monoisotopic (exact) mass is 360 g/mol. The minimum atomic E-state index is -3.78. The number of rotatable bonds is 6. The molecule has 0 bridgehead atoms. The van der Waals surface area contributed by atoms with Crippen LogP contribution in [0.25, 0.3) is 0 Å². The Bertz CT molecular complexity index is 876. The first-order valence-electron chi connectivity index (χ1n) is 8.24. The molecule has 0 heterocycles. The molecule has 0 aliphatic rings. The van der Waals surface area contributed by atoms with Crippen LogP contribution in [-0.2, 0) is 10.0 Å². The van der Waals surface area contributed by atoms with E-state index in [0.29, 0.717) is 16.8 Å². The first-order chi connectivity index (χ1) is 11.7. The van der Waals surface area contributed by atoms with Gasteiger partial charge in [0.05, 0.1) is 4.90 Å². The van der Waals surface area contributed by atoms with E-state index in [-0.39, 0.29) is 16.8 Å². The van der Waals surface area contributed by atoms with Crippen molar-refractivity contribution in [1.82, 2.24) is 5.32 Å². The number of carbonyl (C=O) groups excluding carboxylic acids is 1. The number of hydrogen-bond acceptors (Lipinski definition) is 3. The summed E-state index contributed by atoms with van der Waals surface area (Å²) >= 11 is 0. The quantitative estimate of drug-likeness (QED) is 0.826. The second-order valence-electron chi connectivity index (χ2n) is 6.24. The minimum absolute atomic E-state index is 0.0271. The van der Waals surface area contributed by atoms with Crippen LogP contribution < -0.4 is 10.0 Å². The summed E-state index contributed by atoms with van der Waals surface area (Å²) in [7, 11) is -3.78. The van der Waals surface area contributed by atoms with E-state index in [1.807, 2.05) is 26.8 Å². The Hall–Kier alpha value is -2.34. The van der Waals surface area contributed by atoms with E-state index in [4.69, 9.17) is 0 Å². The molecule has 0 saturated heterocycles. The van der Waals surface area contributed by atoms with Crippen molar-refractivity contribution in [3.63, 3.8) is 0 Å². The zero-order valence-corrected chi connectivity index (χ0v) is 15.8. The Balaban J connectivity index is 2.34. The standard InChI is InChI=1S/C19H24N2O3S/c1-5-15(4)20-19(22)16-10-9-14(3)18(12-16)25(23,24)21-17-8-6-7-13(2)11-17/h6-12,15,21H,5H2,1-4H3,(H,20,22)/t15-/m0/s1. The van der Waals surface area contributed by atoms with Crippen LogP contribution in [0.2, 0.25) is 0 Å². The first kappa shape index (κ1) is 19.0. The highest BCUT2D eigenvalue weighted by atomic mass is 32.2. The van der Waals surface area contributed by atoms with Gasteiger partial charge in [0.2, 0.25) is 0 Å². The maximum Gasteiger partial charge on any atom is 0.262 e.